The number of benzene rings is 1. The van der Waals surface area contributed by atoms with Crippen LogP contribution in [0.5, 0.6) is 5.75 Å². The SMILES string of the molecule is Cc1cccc([C@@](C)(N)CCO)c1O. The Morgan fingerprint density at radius 3 is 2.64 bits per heavy atom. The van der Waals surface area contributed by atoms with E-state index in [9.17, 15) is 5.11 Å². The summed E-state index contributed by atoms with van der Waals surface area (Å²) in [6, 6.07) is 5.47. The van der Waals surface area contributed by atoms with Crippen molar-refractivity contribution in [2.75, 3.05) is 6.61 Å². The first-order chi connectivity index (χ1) is 6.49. The Morgan fingerprint density at radius 2 is 2.07 bits per heavy atom. The number of nitrogens with two attached hydrogens (primary N) is 1. The van der Waals surface area contributed by atoms with Gasteiger partial charge < -0.3 is 15.9 Å². The molecule has 0 aliphatic rings. The Kier molecular flexibility index (Phi) is 3.13. The molecule has 0 aliphatic heterocycles. The van der Waals surface area contributed by atoms with E-state index >= 15 is 0 Å². The van der Waals surface area contributed by atoms with Gasteiger partial charge in [-0.25, -0.2) is 0 Å². The van der Waals surface area contributed by atoms with Gasteiger partial charge in [0.2, 0.25) is 0 Å². The third kappa shape index (κ3) is 2.05. The van der Waals surface area contributed by atoms with Gasteiger partial charge in [-0.15, -0.1) is 0 Å². The lowest BCUT2D eigenvalue weighted by Crippen LogP contribution is -2.34. The van der Waals surface area contributed by atoms with Crippen LogP contribution in [0.3, 0.4) is 0 Å². The van der Waals surface area contributed by atoms with Crippen molar-refractivity contribution in [2.24, 2.45) is 5.73 Å². The zero-order valence-corrected chi connectivity index (χ0v) is 8.62. The molecule has 0 aliphatic carbocycles. The first-order valence-electron chi connectivity index (χ1n) is 4.68. The van der Waals surface area contributed by atoms with Crippen LogP contribution in [0.25, 0.3) is 0 Å². The molecule has 14 heavy (non-hydrogen) atoms. The smallest absolute Gasteiger partial charge is 0.123 e. The number of rotatable bonds is 3. The number of phenols is 1. The summed E-state index contributed by atoms with van der Waals surface area (Å²) < 4.78 is 0. The van der Waals surface area contributed by atoms with E-state index in [1.807, 2.05) is 19.1 Å². The average Bonchev–Trinajstić information content (AvgIpc) is 2.09. The van der Waals surface area contributed by atoms with Crippen LogP contribution < -0.4 is 5.73 Å². The normalized spacial score (nSPS) is 15.1. The Bertz CT molecular complexity index is 321. The highest BCUT2D eigenvalue weighted by molar-refractivity contribution is 5.43. The van der Waals surface area contributed by atoms with E-state index in [0.717, 1.165) is 5.56 Å². The van der Waals surface area contributed by atoms with Crippen molar-refractivity contribution >= 4 is 0 Å². The standard InChI is InChI=1S/C11H17NO2/c1-8-4-3-5-9(10(8)14)11(2,12)6-7-13/h3-5,13-14H,6-7,12H2,1-2H3/t11-/m0/s1. The van der Waals surface area contributed by atoms with Crippen LogP contribution in [0.2, 0.25) is 0 Å². The van der Waals surface area contributed by atoms with Gasteiger partial charge in [-0.05, 0) is 25.8 Å². The second-order valence-electron chi connectivity index (χ2n) is 3.86. The lowest BCUT2D eigenvalue weighted by Gasteiger charge is -2.25. The molecule has 0 bridgehead atoms. The van der Waals surface area contributed by atoms with E-state index in [1.54, 1.807) is 13.0 Å². The van der Waals surface area contributed by atoms with Crippen molar-refractivity contribution in [2.45, 2.75) is 25.8 Å². The highest BCUT2D eigenvalue weighted by Crippen LogP contribution is 2.31. The van der Waals surface area contributed by atoms with Crippen molar-refractivity contribution in [1.82, 2.24) is 0 Å². The summed E-state index contributed by atoms with van der Waals surface area (Å²) in [7, 11) is 0. The van der Waals surface area contributed by atoms with Gasteiger partial charge in [-0.2, -0.15) is 0 Å². The molecule has 1 rings (SSSR count). The Labute approximate surface area is 84.2 Å². The maximum atomic E-state index is 9.80. The van der Waals surface area contributed by atoms with Crippen LogP contribution in [-0.2, 0) is 5.54 Å². The summed E-state index contributed by atoms with van der Waals surface area (Å²) >= 11 is 0. The van der Waals surface area contributed by atoms with Gasteiger partial charge in [0.25, 0.3) is 0 Å². The fourth-order valence-corrected chi connectivity index (χ4v) is 1.49. The largest absolute Gasteiger partial charge is 0.507 e. The fourth-order valence-electron chi connectivity index (χ4n) is 1.49. The molecule has 0 aromatic heterocycles. The van der Waals surface area contributed by atoms with Gasteiger partial charge in [0.05, 0.1) is 0 Å². The van der Waals surface area contributed by atoms with Gasteiger partial charge in [0.1, 0.15) is 5.75 Å². The van der Waals surface area contributed by atoms with Crippen LogP contribution in [0.1, 0.15) is 24.5 Å². The molecule has 0 fully saturated rings. The number of aliphatic hydroxyl groups excluding tert-OH is 1. The number of hydrogen-bond donors (Lipinski definition) is 3. The van der Waals surface area contributed by atoms with E-state index in [2.05, 4.69) is 0 Å². The van der Waals surface area contributed by atoms with Gasteiger partial charge >= 0.3 is 0 Å². The third-order valence-electron chi connectivity index (χ3n) is 2.48. The van der Waals surface area contributed by atoms with Gasteiger partial charge in [-0.1, -0.05) is 18.2 Å². The summed E-state index contributed by atoms with van der Waals surface area (Å²) in [6.45, 7) is 3.64. The maximum Gasteiger partial charge on any atom is 0.123 e. The second-order valence-corrected chi connectivity index (χ2v) is 3.86. The molecule has 0 amide bonds. The van der Waals surface area contributed by atoms with Crippen molar-refractivity contribution < 1.29 is 10.2 Å². The van der Waals surface area contributed by atoms with Crippen molar-refractivity contribution in [3.8, 4) is 5.75 Å². The molecule has 1 aromatic rings. The minimum atomic E-state index is -0.676. The Morgan fingerprint density at radius 1 is 1.43 bits per heavy atom. The second kappa shape index (κ2) is 3.98. The van der Waals surface area contributed by atoms with Crippen LogP contribution >= 0.6 is 0 Å². The molecule has 78 valence electrons. The highest BCUT2D eigenvalue weighted by atomic mass is 16.3. The molecule has 1 atom stereocenters. The van der Waals surface area contributed by atoms with E-state index in [-0.39, 0.29) is 12.4 Å². The Hall–Kier alpha value is -1.06. The molecule has 1 aromatic carbocycles. The third-order valence-corrected chi connectivity index (χ3v) is 2.48. The maximum absolute atomic E-state index is 9.80. The predicted molar refractivity (Wildman–Crippen MR) is 56.1 cm³/mol. The number of aromatic hydroxyl groups is 1. The van der Waals surface area contributed by atoms with Crippen molar-refractivity contribution in [3.63, 3.8) is 0 Å². The summed E-state index contributed by atoms with van der Waals surface area (Å²) in [6.07, 6.45) is 0.435. The number of aryl methyl sites for hydroxylation is 1. The molecular formula is C11H17NO2. The lowest BCUT2D eigenvalue weighted by atomic mass is 9.88. The molecule has 3 nitrogen and oxygen atoms in total. The first-order valence-corrected chi connectivity index (χ1v) is 4.68. The fraction of sp³-hybridized carbons (Fsp3) is 0.455. The number of aliphatic hydroxyl groups is 1. The molecule has 0 unspecified atom stereocenters. The number of para-hydroxylation sites is 1. The van der Waals surface area contributed by atoms with Crippen molar-refractivity contribution in [1.29, 1.82) is 0 Å². The molecule has 0 radical (unpaired) electrons. The predicted octanol–water partition coefficient (Wildman–Crippen LogP) is 1.26. The van der Waals surface area contributed by atoms with Gasteiger partial charge in [-0.3, -0.25) is 0 Å². The quantitative estimate of drug-likeness (QED) is 0.680. The molecular weight excluding hydrogens is 178 g/mol. The summed E-state index contributed by atoms with van der Waals surface area (Å²) in [5.74, 6) is 0.228. The van der Waals surface area contributed by atoms with Crippen LogP contribution in [0.15, 0.2) is 18.2 Å². The van der Waals surface area contributed by atoms with Crippen LogP contribution in [0.4, 0.5) is 0 Å². The molecule has 0 heterocycles. The number of phenolic OH excluding ortho intramolecular Hbond substituents is 1. The topological polar surface area (TPSA) is 66.5 Å². The Balaban J connectivity index is 3.12. The van der Waals surface area contributed by atoms with Gasteiger partial charge in [0, 0.05) is 17.7 Å². The summed E-state index contributed by atoms with van der Waals surface area (Å²) in [4.78, 5) is 0. The molecule has 0 saturated heterocycles. The zero-order chi connectivity index (χ0) is 10.8. The van der Waals surface area contributed by atoms with Crippen LogP contribution in [0, 0.1) is 6.92 Å². The van der Waals surface area contributed by atoms with E-state index < -0.39 is 5.54 Å². The molecule has 3 heteroatoms. The monoisotopic (exact) mass is 195 g/mol. The lowest BCUT2D eigenvalue weighted by molar-refractivity contribution is 0.245. The van der Waals surface area contributed by atoms with E-state index in [4.69, 9.17) is 10.8 Å². The number of hydrogen-bond acceptors (Lipinski definition) is 3. The van der Waals surface area contributed by atoms with Crippen molar-refractivity contribution in [3.05, 3.63) is 29.3 Å². The molecule has 0 saturated carbocycles. The summed E-state index contributed by atoms with van der Waals surface area (Å²) in [5.41, 5.74) is 6.81. The highest BCUT2D eigenvalue weighted by Gasteiger charge is 2.24. The molecule has 4 N–H and O–H groups in total. The van der Waals surface area contributed by atoms with E-state index in [1.165, 1.54) is 0 Å². The average molecular weight is 195 g/mol. The zero-order valence-electron chi connectivity index (χ0n) is 8.62. The van der Waals surface area contributed by atoms with Gasteiger partial charge in [0.15, 0.2) is 0 Å². The minimum Gasteiger partial charge on any atom is -0.507 e. The minimum absolute atomic E-state index is 0.0143. The van der Waals surface area contributed by atoms with Crippen LogP contribution in [-0.4, -0.2) is 16.8 Å². The summed E-state index contributed by atoms with van der Waals surface area (Å²) in [5, 5.41) is 18.7. The van der Waals surface area contributed by atoms with E-state index in [0.29, 0.717) is 12.0 Å². The molecule has 0 spiro atoms. The first kappa shape index (κ1) is 11.0.